The molecule has 1 aromatic carbocycles. The zero-order chi connectivity index (χ0) is 14.4. The summed E-state index contributed by atoms with van der Waals surface area (Å²) in [5, 5.41) is 3.60. The molecule has 0 aromatic heterocycles. The van der Waals surface area contributed by atoms with E-state index in [2.05, 4.69) is 64.4 Å². The molecule has 1 saturated heterocycles. The SMILES string of the molecule is CCNC1CCOCC1CN(C)Cc1cccc(Br)c1. The molecule has 0 radical (unpaired) electrons. The molecule has 0 bridgehead atoms. The third kappa shape index (κ3) is 4.85. The van der Waals surface area contributed by atoms with Gasteiger partial charge in [0.25, 0.3) is 0 Å². The summed E-state index contributed by atoms with van der Waals surface area (Å²) >= 11 is 3.53. The number of halogens is 1. The Morgan fingerprint density at radius 1 is 1.45 bits per heavy atom. The van der Waals surface area contributed by atoms with Crippen molar-refractivity contribution in [2.75, 3.05) is 33.4 Å². The standard InChI is InChI=1S/C16H25BrN2O/c1-3-18-16-7-8-20-12-14(16)11-19(2)10-13-5-4-6-15(17)9-13/h4-6,9,14,16,18H,3,7-8,10-12H2,1-2H3. The Labute approximate surface area is 130 Å². The summed E-state index contributed by atoms with van der Waals surface area (Å²) in [6.07, 6.45) is 1.13. The third-order valence-corrected chi connectivity index (χ3v) is 4.32. The van der Waals surface area contributed by atoms with E-state index in [1.54, 1.807) is 0 Å². The molecule has 0 aliphatic carbocycles. The van der Waals surface area contributed by atoms with Crippen LogP contribution in [-0.2, 0) is 11.3 Å². The second kappa shape index (κ2) is 8.13. The highest BCUT2D eigenvalue weighted by Gasteiger charge is 2.25. The molecule has 0 spiro atoms. The predicted molar refractivity (Wildman–Crippen MR) is 86.9 cm³/mol. The Hall–Kier alpha value is -0.420. The van der Waals surface area contributed by atoms with Gasteiger partial charge in [-0.05, 0) is 37.7 Å². The number of rotatable bonds is 6. The lowest BCUT2D eigenvalue weighted by Crippen LogP contribution is -2.47. The minimum atomic E-state index is 0.584. The average Bonchev–Trinajstić information content (AvgIpc) is 2.41. The maximum absolute atomic E-state index is 5.65. The molecule has 4 heteroatoms. The van der Waals surface area contributed by atoms with Crippen LogP contribution in [0.1, 0.15) is 18.9 Å². The molecule has 1 N–H and O–H groups in total. The summed E-state index contributed by atoms with van der Waals surface area (Å²) in [5.74, 6) is 0.584. The van der Waals surface area contributed by atoms with E-state index in [4.69, 9.17) is 4.74 Å². The van der Waals surface area contributed by atoms with Crippen molar-refractivity contribution in [3.05, 3.63) is 34.3 Å². The van der Waals surface area contributed by atoms with Crippen molar-refractivity contribution in [1.29, 1.82) is 0 Å². The van der Waals surface area contributed by atoms with Gasteiger partial charge >= 0.3 is 0 Å². The largest absolute Gasteiger partial charge is 0.381 e. The lowest BCUT2D eigenvalue weighted by molar-refractivity contribution is 0.0193. The first kappa shape index (κ1) is 16.0. The van der Waals surface area contributed by atoms with Gasteiger partial charge in [-0.2, -0.15) is 0 Å². The van der Waals surface area contributed by atoms with Crippen molar-refractivity contribution >= 4 is 15.9 Å². The zero-order valence-corrected chi connectivity index (χ0v) is 14.0. The highest BCUT2D eigenvalue weighted by Crippen LogP contribution is 2.18. The monoisotopic (exact) mass is 340 g/mol. The van der Waals surface area contributed by atoms with Crippen LogP contribution >= 0.6 is 15.9 Å². The maximum atomic E-state index is 5.65. The molecule has 2 rings (SSSR count). The summed E-state index contributed by atoms with van der Waals surface area (Å²) in [6.45, 7) is 7.04. The van der Waals surface area contributed by atoms with E-state index in [9.17, 15) is 0 Å². The van der Waals surface area contributed by atoms with Crippen LogP contribution in [0.3, 0.4) is 0 Å². The van der Waals surface area contributed by atoms with E-state index >= 15 is 0 Å². The van der Waals surface area contributed by atoms with Crippen LogP contribution in [0.2, 0.25) is 0 Å². The summed E-state index contributed by atoms with van der Waals surface area (Å²) in [5.41, 5.74) is 1.35. The minimum absolute atomic E-state index is 0.584. The van der Waals surface area contributed by atoms with Gasteiger partial charge < -0.3 is 15.0 Å². The highest BCUT2D eigenvalue weighted by molar-refractivity contribution is 9.10. The van der Waals surface area contributed by atoms with Gasteiger partial charge in [-0.15, -0.1) is 0 Å². The van der Waals surface area contributed by atoms with Crippen molar-refractivity contribution < 1.29 is 4.74 Å². The Balaban J connectivity index is 1.87. The Morgan fingerprint density at radius 2 is 2.30 bits per heavy atom. The van der Waals surface area contributed by atoms with E-state index in [-0.39, 0.29) is 0 Å². The van der Waals surface area contributed by atoms with Crippen LogP contribution in [-0.4, -0.2) is 44.3 Å². The van der Waals surface area contributed by atoms with Gasteiger partial charge in [-0.25, -0.2) is 0 Å². The molecule has 1 fully saturated rings. The summed E-state index contributed by atoms with van der Waals surface area (Å²) in [4.78, 5) is 2.39. The second-order valence-electron chi connectivity index (χ2n) is 5.61. The fraction of sp³-hybridized carbons (Fsp3) is 0.625. The van der Waals surface area contributed by atoms with Crippen molar-refractivity contribution in [3.8, 4) is 0 Å². The molecule has 20 heavy (non-hydrogen) atoms. The summed E-state index contributed by atoms with van der Waals surface area (Å²) in [7, 11) is 2.19. The van der Waals surface area contributed by atoms with Crippen LogP contribution < -0.4 is 5.32 Å². The lowest BCUT2D eigenvalue weighted by Gasteiger charge is -2.34. The number of nitrogens with one attached hydrogen (secondary N) is 1. The minimum Gasteiger partial charge on any atom is -0.381 e. The van der Waals surface area contributed by atoms with E-state index in [1.165, 1.54) is 5.56 Å². The van der Waals surface area contributed by atoms with Gasteiger partial charge in [0.1, 0.15) is 0 Å². The van der Waals surface area contributed by atoms with Crippen molar-refractivity contribution in [2.45, 2.75) is 25.9 Å². The van der Waals surface area contributed by atoms with Crippen molar-refractivity contribution in [2.24, 2.45) is 5.92 Å². The van der Waals surface area contributed by atoms with Gasteiger partial charge in [0.05, 0.1) is 6.61 Å². The zero-order valence-electron chi connectivity index (χ0n) is 12.4. The van der Waals surface area contributed by atoms with Gasteiger partial charge in [-0.3, -0.25) is 0 Å². The molecule has 2 atom stereocenters. The summed E-state index contributed by atoms with van der Waals surface area (Å²) in [6, 6.07) is 9.13. The molecule has 1 aliphatic heterocycles. The Bertz CT molecular complexity index is 411. The van der Waals surface area contributed by atoms with Crippen LogP contribution in [0.15, 0.2) is 28.7 Å². The molecular formula is C16H25BrN2O. The third-order valence-electron chi connectivity index (χ3n) is 3.83. The molecule has 0 amide bonds. The molecule has 3 nitrogen and oxygen atoms in total. The number of benzene rings is 1. The number of hydrogen-bond donors (Lipinski definition) is 1. The molecular weight excluding hydrogens is 316 g/mol. The number of ether oxygens (including phenoxy) is 1. The van der Waals surface area contributed by atoms with Gasteiger partial charge in [0, 0.05) is 36.1 Å². The first-order chi connectivity index (χ1) is 9.69. The van der Waals surface area contributed by atoms with Gasteiger partial charge in [-0.1, -0.05) is 35.0 Å². The number of hydrogen-bond acceptors (Lipinski definition) is 3. The first-order valence-electron chi connectivity index (χ1n) is 7.43. The fourth-order valence-electron chi connectivity index (χ4n) is 2.92. The molecule has 1 aromatic rings. The molecule has 0 saturated carbocycles. The average molecular weight is 341 g/mol. The molecule has 2 unspecified atom stereocenters. The number of nitrogens with zero attached hydrogens (tertiary/aromatic N) is 1. The first-order valence-corrected chi connectivity index (χ1v) is 8.22. The van der Waals surface area contributed by atoms with Crippen molar-refractivity contribution in [3.63, 3.8) is 0 Å². The molecule has 112 valence electrons. The predicted octanol–water partition coefficient (Wildman–Crippen LogP) is 2.90. The van der Waals surface area contributed by atoms with E-state index in [1.807, 2.05) is 0 Å². The Kier molecular flexibility index (Phi) is 6.49. The molecule has 1 aliphatic rings. The van der Waals surface area contributed by atoms with Crippen LogP contribution in [0.25, 0.3) is 0 Å². The highest BCUT2D eigenvalue weighted by atomic mass is 79.9. The fourth-order valence-corrected chi connectivity index (χ4v) is 3.37. The summed E-state index contributed by atoms with van der Waals surface area (Å²) < 4.78 is 6.80. The van der Waals surface area contributed by atoms with E-state index in [0.717, 1.165) is 43.7 Å². The smallest absolute Gasteiger partial charge is 0.0521 e. The van der Waals surface area contributed by atoms with E-state index in [0.29, 0.717) is 12.0 Å². The quantitative estimate of drug-likeness (QED) is 0.861. The second-order valence-corrected chi connectivity index (χ2v) is 6.53. The van der Waals surface area contributed by atoms with Crippen LogP contribution in [0.4, 0.5) is 0 Å². The van der Waals surface area contributed by atoms with Crippen molar-refractivity contribution in [1.82, 2.24) is 10.2 Å². The lowest BCUT2D eigenvalue weighted by atomic mass is 9.95. The normalized spacial score (nSPS) is 23.2. The molecule has 1 heterocycles. The van der Waals surface area contributed by atoms with Crippen LogP contribution in [0, 0.1) is 5.92 Å². The van der Waals surface area contributed by atoms with Crippen LogP contribution in [0.5, 0.6) is 0 Å². The Morgan fingerprint density at radius 3 is 3.05 bits per heavy atom. The van der Waals surface area contributed by atoms with Gasteiger partial charge in [0.2, 0.25) is 0 Å². The topological polar surface area (TPSA) is 24.5 Å². The maximum Gasteiger partial charge on any atom is 0.0521 e. The van der Waals surface area contributed by atoms with E-state index < -0.39 is 0 Å². The van der Waals surface area contributed by atoms with Gasteiger partial charge in [0.15, 0.2) is 0 Å².